The predicted molar refractivity (Wildman–Crippen MR) is 201 cm³/mol. The fraction of sp³-hybridized carbons (Fsp3) is 0.359. The minimum atomic E-state index is -4.11. The second kappa shape index (κ2) is 17.1. The molecule has 5 rings (SSSR count). The number of carbonyl (C=O) groups is 3. The van der Waals surface area contributed by atoms with Crippen LogP contribution in [0.3, 0.4) is 0 Å². The molecule has 3 N–H and O–H groups in total. The maximum atomic E-state index is 14.2. The van der Waals surface area contributed by atoms with E-state index in [1.54, 1.807) is 19.9 Å². The highest BCUT2D eigenvalue weighted by atomic mass is 32.2. The molecule has 1 aromatic heterocycles. The Hall–Kier alpha value is -5.18. The van der Waals surface area contributed by atoms with Crippen LogP contribution in [0, 0.1) is 11.8 Å². The highest BCUT2D eigenvalue weighted by Gasteiger charge is 2.44. The molecule has 0 saturated carbocycles. The number of aromatic nitrogens is 1. The Balaban J connectivity index is 1.38. The van der Waals surface area contributed by atoms with Crippen LogP contribution in [0.4, 0.5) is 4.79 Å². The van der Waals surface area contributed by atoms with Crippen LogP contribution < -0.4 is 5.32 Å². The number of hydrogen-bond donors (Lipinski definition) is 3. The molecule has 1 aliphatic rings. The summed E-state index contributed by atoms with van der Waals surface area (Å²) in [5.41, 5.74) is 2.55. The Labute approximate surface area is 310 Å². The number of oxime groups is 1. The van der Waals surface area contributed by atoms with Gasteiger partial charge in [-0.3, -0.25) is 19.5 Å². The van der Waals surface area contributed by atoms with Gasteiger partial charge in [-0.2, -0.15) is 4.31 Å². The number of carbonyl (C=O) groups excluding carboxylic acids is 3. The van der Waals surface area contributed by atoms with Crippen molar-refractivity contribution in [3.8, 4) is 0 Å². The Morgan fingerprint density at radius 1 is 0.943 bits per heavy atom. The first-order chi connectivity index (χ1) is 25.3. The summed E-state index contributed by atoms with van der Waals surface area (Å²) in [6.45, 7) is 6.65. The summed E-state index contributed by atoms with van der Waals surface area (Å²) >= 11 is 0. The van der Waals surface area contributed by atoms with Crippen molar-refractivity contribution in [2.75, 3.05) is 19.6 Å². The number of nitrogens with zero attached hydrogens (tertiary/aromatic N) is 5. The first-order valence-corrected chi connectivity index (χ1v) is 19.0. The van der Waals surface area contributed by atoms with Crippen molar-refractivity contribution in [3.05, 3.63) is 108 Å². The van der Waals surface area contributed by atoms with Gasteiger partial charge in [-0.25, -0.2) is 13.2 Å². The molecule has 53 heavy (non-hydrogen) atoms. The zero-order chi connectivity index (χ0) is 38.3. The van der Waals surface area contributed by atoms with Gasteiger partial charge in [-0.05, 0) is 53.6 Å². The van der Waals surface area contributed by atoms with Crippen molar-refractivity contribution in [2.24, 2.45) is 17.0 Å². The van der Waals surface area contributed by atoms with E-state index in [1.807, 2.05) is 74.5 Å². The normalized spacial score (nSPS) is 15.6. The summed E-state index contributed by atoms with van der Waals surface area (Å²) in [5.74, 6) is -1.56. The van der Waals surface area contributed by atoms with Crippen LogP contribution in [-0.4, -0.2) is 99.7 Å². The standard InChI is InChI=1S/C39H46N6O7S/c1-26(2)22-43(53(51,52)32-18-14-29(15-19-32)21-40-50)24-35(46)34(20-28-10-6-5-7-11-28)42-38(48)37(27(3)4)45-25-36(47)44(39(45)49)23-31-17-16-30-12-8-9-13-33(30)41-31/h5-19,21,26-27,34-35,37,46,50H,20,22-25H2,1-4H3,(H,42,48)/b40-21+/t34-,35+,37?/m0/s1. The summed E-state index contributed by atoms with van der Waals surface area (Å²) in [4.78, 5) is 48.1. The molecule has 1 aliphatic heterocycles. The Kier molecular flexibility index (Phi) is 12.6. The van der Waals surface area contributed by atoms with Crippen molar-refractivity contribution in [1.29, 1.82) is 0 Å². The number of amides is 4. The number of imide groups is 1. The number of pyridine rings is 1. The maximum Gasteiger partial charge on any atom is 0.328 e. The molecule has 14 heteroatoms. The van der Waals surface area contributed by atoms with Crippen LogP contribution in [0.2, 0.25) is 0 Å². The zero-order valence-corrected chi connectivity index (χ0v) is 31.1. The number of para-hydroxylation sites is 1. The number of nitrogens with one attached hydrogen (secondary N) is 1. The number of urea groups is 1. The third-order valence-electron chi connectivity index (χ3n) is 9.07. The number of fused-ring (bicyclic) bond motifs is 1. The minimum absolute atomic E-state index is 0.00962. The number of aliphatic hydroxyl groups excluding tert-OH is 1. The van der Waals surface area contributed by atoms with Crippen LogP contribution >= 0.6 is 0 Å². The highest BCUT2D eigenvalue weighted by Crippen LogP contribution is 2.24. The van der Waals surface area contributed by atoms with Crippen LogP contribution in [0.25, 0.3) is 10.9 Å². The molecular weight excluding hydrogens is 697 g/mol. The molecule has 1 saturated heterocycles. The molecule has 280 valence electrons. The van der Waals surface area contributed by atoms with Crippen LogP contribution in [0.1, 0.15) is 44.5 Å². The Bertz CT molecular complexity index is 2040. The molecule has 0 bridgehead atoms. The second-order valence-electron chi connectivity index (χ2n) is 14.0. The lowest BCUT2D eigenvalue weighted by Crippen LogP contribution is -2.57. The van der Waals surface area contributed by atoms with Crippen LogP contribution in [0.5, 0.6) is 0 Å². The topological polar surface area (TPSA) is 173 Å². The summed E-state index contributed by atoms with van der Waals surface area (Å²) in [5, 5.41) is 27.5. The minimum Gasteiger partial charge on any atom is -0.411 e. The van der Waals surface area contributed by atoms with E-state index < -0.39 is 52.0 Å². The zero-order valence-electron chi connectivity index (χ0n) is 30.2. The van der Waals surface area contributed by atoms with Crippen molar-refractivity contribution in [2.45, 2.75) is 63.7 Å². The molecule has 13 nitrogen and oxygen atoms in total. The van der Waals surface area contributed by atoms with Gasteiger partial charge < -0.3 is 20.5 Å². The van der Waals surface area contributed by atoms with Gasteiger partial charge in [0.15, 0.2) is 0 Å². The van der Waals surface area contributed by atoms with Gasteiger partial charge in [0.1, 0.15) is 12.6 Å². The number of sulfonamides is 1. The van der Waals surface area contributed by atoms with Crippen molar-refractivity contribution >= 4 is 45.0 Å². The van der Waals surface area contributed by atoms with Gasteiger partial charge >= 0.3 is 6.03 Å². The summed E-state index contributed by atoms with van der Waals surface area (Å²) in [6.07, 6.45) is -0.0261. The predicted octanol–water partition coefficient (Wildman–Crippen LogP) is 4.27. The van der Waals surface area contributed by atoms with Crippen LogP contribution in [-0.2, 0) is 32.6 Å². The van der Waals surface area contributed by atoms with E-state index in [0.29, 0.717) is 11.3 Å². The molecule has 1 fully saturated rings. The molecule has 3 atom stereocenters. The van der Waals surface area contributed by atoms with Gasteiger partial charge in [0.2, 0.25) is 15.9 Å². The monoisotopic (exact) mass is 742 g/mol. The van der Waals surface area contributed by atoms with Crippen molar-refractivity contribution < 1.29 is 33.1 Å². The first kappa shape index (κ1) is 39.0. The lowest BCUT2D eigenvalue weighted by Gasteiger charge is -2.34. The molecular formula is C39H46N6O7S. The quantitative estimate of drug-likeness (QED) is 0.0661. The third-order valence-corrected chi connectivity index (χ3v) is 10.9. The molecule has 0 spiro atoms. The summed E-state index contributed by atoms with van der Waals surface area (Å²) in [7, 11) is -4.11. The Morgan fingerprint density at radius 2 is 1.62 bits per heavy atom. The number of aliphatic hydroxyl groups is 1. The fourth-order valence-corrected chi connectivity index (χ4v) is 8.09. The van der Waals surface area contributed by atoms with E-state index in [1.165, 1.54) is 39.7 Å². The maximum absolute atomic E-state index is 14.2. The lowest BCUT2D eigenvalue weighted by atomic mass is 9.97. The Morgan fingerprint density at radius 3 is 2.28 bits per heavy atom. The van der Waals surface area contributed by atoms with Gasteiger partial charge in [0.25, 0.3) is 5.91 Å². The van der Waals surface area contributed by atoms with Gasteiger partial charge in [-0.1, -0.05) is 99.6 Å². The fourth-order valence-electron chi connectivity index (χ4n) is 6.47. The molecule has 3 aromatic carbocycles. The average Bonchev–Trinajstić information content (AvgIpc) is 3.39. The van der Waals surface area contributed by atoms with Gasteiger partial charge in [0.05, 0.1) is 41.0 Å². The second-order valence-corrected chi connectivity index (χ2v) is 15.9. The molecule has 0 radical (unpaired) electrons. The van der Waals surface area contributed by atoms with E-state index in [4.69, 9.17) is 5.21 Å². The number of benzene rings is 3. The smallest absolute Gasteiger partial charge is 0.328 e. The van der Waals surface area contributed by atoms with Crippen LogP contribution in [0.15, 0.2) is 101 Å². The molecule has 4 aromatic rings. The molecule has 2 heterocycles. The van der Waals surface area contributed by atoms with Crippen molar-refractivity contribution in [3.63, 3.8) is 0 Å². The third kappa shape index (κ3) is 9.44. The number of hydrogen-bond acceptors (Lipinski definition) is 9. The largest absolute Gasteiger partial charge is 0.411 e. The highest BCUT2D eigenvalue weighted by molar-refractivity contribution is 7.89. The summed E-state index contributed by atoms with van der Waals surface area (Å²) in [6, 6.07) is 23.5. The summed E-state index contributed by atoms with van der Waals surface area (Å²) < 4.78 is 29.0. The van der Waals surface area contributed by atoms with Crippen molar-refractivity contribution in [1.82, 2.24) is 24.4 Å². The lowest BCUT2D eigenvalue weighted by molar-refractivity contribution is -0.129. The molecule has 4 amide bonds. The van der Waals surface area contributed by atoms with E-state index in [-0.39, 0.29) is 43.4 Å². The van der Waals surface area contributed by atoms with E-state index >= 15 is 0 Å². The van der Waals surface area contributed by atoms with E-state index in [0.717, 1.165) is 21.4 Å². The first-order valence-electron chi connectivity index (χ1n) is 17.5. The molecule has 1 unspecified atom stereocenters. The van der Waals surface area contributed by atoms with Gasteiger partial charge in [-0.15, -0.1) is 0 Å². The SMILES string of the molecule is CC(C)CN(C[C@@H](O)[C@H](Cc1ccccc1)NC(=O)C(C(C)C)N1CC(=O)N(Cc2ccc3ccccc3n2)C1=O)S(=O)(=O)c1ccc(/C=N/O)cc1. The van der Waals surface area contributed by atoms with E-state index in [2.05, 4.69) is 15.5 Å². The van der Waals surface area contributed by atoms with Gasteiger partial charge in [0, 0.05) is 18.5 Å². The van der Waals surface area contributed by atoms with E-state index in [9.17, 15) is 27.9 Å². The molecule has 0 aliphatic carbocycles. The average molecular weight is 743 g/mol. The number of rotatable bonds is 16.